The molecule has 4 rings (SSSR count). The summed E-state index contributed by atoms with van der Waals surface area (Å²) in [5, 5.41) is 3.62. The fraction of sp³-hybridized carbons (Fsp3) is 0.105. The number of nitrogens with zero attached hydrogens (tertiary/aromatic N) is 3. The van der Waals surface area contributed by atoms with Crippen molar-refractivity contribution in [2.24, 2.45) is 0 Å². The van der Waals surface area contributed by atoms with Crippen LogP contribution < -0.4 is 26.0 Å². The minimum Gasteiger partial charge on any atom is -0.497 e. The molecule has 31 heavy (non-hydrogen) atoms. The van der Waals surface area contributed by atoms with Crippen molar-refractivity contribution in [1.29, 1.82) is 0 Å². The van der Waals surface area contributed by atoms with Crippen molar-refractivity contribution in [2.45, 2.75) is 11.8 Å². The number of hydrogen-bond donors (Lipinski definition) is 4. The molecule has 2 aromatic heterocycles. The molecule has 0 saturated heterocycles. The number of sulfonamides is 1. The Morgan fingerprint density at radius 2 is 1.81 bits per heavy atom. The van der Waals surface area contributed by atoms with Gasteiger partial charge in [-0.1, -0.05) is 29.0 Å². The summed E-state index contributed by atoms with van der Waals surface area (Å²) in [6, 6.07) is 12.0. The lowest BCUT2D eigenvalue weighted by Crippen LogP contribution is -2.30. The van der Waals surface area contributed by atoms with E-state index in [2.05, 4.69) is 30.5 Å². The number of methoxy groups -OCH3 is 1. The lowest BCUT2D eigenvalue weighted by Gasteiger charge is -2.12. The Morgan fingerprint density at radius 1 is 1.06 bits per heavy atom. The molecule has 0 radical (unpaired) electrons. The highest BCUT2D eigenvalue weighted by Crippen LogP contribution is 2.32. The minimum absolute atomic E-state index is 0.107. The Hall–Kier alpha value is -3.48. The molecule has 0 unspecified atom stereocenters. The van der Waals surface area contributed by atoms with Crippen LogP contribution in [0.15, 0.2) is 53.7 Å². The van der Waals surface area contributed by atoms with Crippen LogP contribution in [0.2, 0.25) is 0 Å². The second kappa shape index (κ2) is 8.34. The predicted octanol–water partition coefficient (Wildman–Crippen LogP) is 3.03. The van der Waals surface area contributed by atoms with E-state index < -0.39 is 10.0 Å². The lowest BCUT2D eigenvalue weighted by molar-refractivity contribution is 0.415. The van der Waals surface area contributed by atoms with Gasteiger partial charge < -0.3 is 15.8 Å². The Bertz CT molecular complexity index is 1340. The van der Waals surface area contributed by atoms with Crippen LogP contribution in [-0.4, -0.2) is 30.5 Å². The number of hydrazine groups is 1. The highest BCUT2D eigenvalue weighted by atomic mass is 32.2. The maximum Gasteiger partial charge on any atom is 0.257 e. The van der Waals surface area contributed by atoms with Crippen molar-refractivity contribution in [3.8, 4) is 5.75 Å². The first-order valence-corrected chi connectivity index (χ1v) is 11.3. The molecule has 160 valence electrons. The molecular weight excluding hydrogens is 438 g/mol. The van der Waals surface area contributed by atoms with Gasteiger partial charge in [-0.25, -0.2) is 23.4 Å². The molecule has 0 saturated carbocycles. The number of rotatable bonds is 7. The van der Waals surface area contributed by atoms with Gasteiger partial charge in [0.2, 0.25) is 0 Å². The van der Waals surface area contributed by atoms with E-state index >= 15 is 0 Å². The van der Waals surface area contributed by atoms with Gasteiger partial charge in [-0.2, -0.15) is 0 Å². The number of hydrogen-bond acceptors (Lipinski definition) is 10. The van der Waals surface area contributed by atoms with Gasteiger partial charge >= 0.3 is 0 Å². The van der Waals surface area contributed by atoms with E-state index in [9.17, 15) is 8.42 Å². The summed E-state index contributed by atoms with van der Waals surface area (Å²) in [5.41, 5.74) is 10.6. The number of ether oxygens (including phenoxy) is 1. The van der Waals surface area contributed by atoms with Gasteiger partial charge in [-0.15, -0.1) is 4.83 Å². The smallest absolute Gasteiger partial charge is 0.257 e. The zero-order valence-electron chi connectivity index (χ0n) is 16.6. The molecule has 10 nitrogen and oxygen atoms in total. The zero-order valence-corrected chi connectivity index (χ0v) is 18.2. The van der Waals surface area contributed by atoms with Crippen molar-refractivity contribution < 1.29 is 13.2 Å². The van der Waals surface area contributed by atoms with Gasteiger partial charge in [0.15, 0.2) is 16.8 Å². The zero-order chi connectivity index (χ0) is 22.0. The van der Waals surface area contributed by atoms with Crippen LogP contribution in [0.5, 0.6) is 5.75 Å². The summed E-state index contributed by atoms with van der Waals surface area (Å²) in [6.45, 7) is 1.88. The van der Waals surface area contributed by atoms with Gasteiger partial charge in [0.1, 0.15) is 17.8 Å². The molecule has 0 spiro atoms. The number of aromatic nitrogens is 3. The van der Waals surface area contributed by atoms with Gasteiger partial charge in [-0.05, 0) is 37.3 Å². The molecule has 5 N–H and O–H groups in total. The Labute approximate surface area is 182 Å². The topological polar surface area (TPSA) is 144 Å². The molecule has 12 heteroatoms. The van der Waals surface area contributed by atoms with E-state index in [0.29, 0.717) is 5.13 Å². The fourth-order valence-corrected chi connectivity index (χ4v) is 4.41. The third kappa shape index (κ3) is 4.50. The van der Waals surface area contributed by atoms with E-state index in [1.54, 1.807) is 19.2 Å². The summed E-state index contributed by atoms with van der Waals surface area (Å²) in [4.78, 5) is 15.0. The van der Waals surface area contributed by atoms with Crippen LogP contribution in [0.25, 0.3) is 10.2 Å². The summed E-state index contributed by atoms with van der Waals surface area (Å²) in [7, 11) is -2.21. The van der Waals surface area contributed by atoms with E-state index in [0.717, 1.165) is 21.5 Å². The predicted molar refractivity (Wildman–Crippen MR) is 121 cm³/mol. The highest BCUT2D eigenvalue weighted by Gasteiger charge is 2.16. The van der Waals surface area contributed by atoms with Crippen molar-refractivity contribution in [3.05, 3.63) is 54.4 Å². The van der Waals surface area contributed by atoms with Crippen LogP contribution in [0.4, 0.5) is 22.5 Å². The molecular formula is C19H19N7O3S2. The minimum atomic E-state index is -3.81. The number of aryl methyl sites for hydroxylation is 1. The van der Waals surface area contributed by atoms with Crippen LogP contribution in [0.1, 0.15) is 5.56 Å². The fourth-order valence-electron chi connectivity index (χ4n) is 2.67. The van der Waals surface area contributed by atoms with Crippen LogP contribution >= 0.6 is 11.3 Å². The first-order valence-electron chi connectivity index (χ1n) is 9.02. The molecule has 0 aliphatic carbocycles. The number of anilines is 4. The van der Waals surface area contributed by atoms with Gasteiger partial charge in [0.05, 0.1) is 22.2 Å². The van der Waals surface area contributed by atoms with Crippen LogP contribution in [0, 0.1) is 6.92 Å². The maximum absolute atomic E-state index is 12.5. The maximum atomic E-state index is 12.5. The van der Waals surface area contributed by atoms with E-state index in [1.165, 1.54) is 29.8 Å². The monoisotopic (exact) mass is 457 g/mol. The third-order valence-electron chi connectivity index (χ3n) is 4.34. The van der Waals surface area contributed by atoms with E-state index in [4.69, 9.17) is 10.5 Å². The number of nitrogen functional groups attached to an aromatic ring is 1. The van der Waals surface area contributed by atoms with Gasteiger partial charge in [0, 0.05) is 0 Å². The molecule has 0 bridgehead atoms. The number of nitrogens with one attached hydrogen (secondary N) is 3. The summed E-state index contributed by atoms with van der Waals surface area (Å²) in [6.07, 6.45) is 1.26. The molecule has 4 aromatic rings. The van der Waals surface area contributed by atoms with E-state index in [1.807, 2.05) is 25.1 Å². The number of nitrogens with two attached hydrogens (primary N) is 1. The number of fused-ring (bicyclic) bond motifs is 1. The second-order valence-corrected chi connectivity index (χ2v) is 9.22. The molecule has 0 amide bonds. The Balaban J connectivity index is 1.52. The van der Waals surface area contributed by atoms with Crippen molar-refractivity contribution >= 4 is 54.0 Å². The standard InChI is InChI=1S/C19H19N7O3S2/c1-11-3-6-13(7-4-11)31(27,28)26-25-18-16(20)17(21-10-22-18)24-19-23-14-8-5-12(29-2)9-15(14)30-19/h3-10,26H,20H2,1-2H3,(H2,21,22,23,24,25). The quantitative estimate of drug-likeness (QED) is 0.308. The van der Waals surface area contributed by atoms with Gasteiger partial charge in [-0.3, -0.25) is 5.43 Å². The Kier molecular flexibility index (Phi) is 5.59. The summed E-state index contributed by atoms with van der Waals surface area (Å²) >= 11 is 1.40. The van der Waals surface area contributed by atoms with Crippen molar-refractivity contribution in [1.82, 2.24) is 19.8 Å². The molecule has 0 atom stereocenters. The average Bonchev–Trinajstić information content (AvgIpc) is 3.16. The largest absolute Gasteiger partial charge is 0.497 e. The molecule has 2 aromatic carbocycles. The first kappa shape index (κ1) is 20.8. The first-order chi connectivity index (χ1) is 14.9. The van der Waals surface area contributed by atoms with Crippen LogP contribution in [0.3, 0.4) is 0 Å². The van der Waals surface area contributed by atoms with Crippen molar-refractivity contribution in [3.63, 3.8) is 0 Å². The lowest BCUT2D eigenvalue weighted by atomic mass is 10.2. The highest BCUT2D eigenvalue weighted by molar-refractivity contribution is 7.89. The SMILES string of the molecule is COc1ccc2nc(Nc3ncnc(NNS(=O)(=O)c4ccc(C)cc4)c3N)sc2c1. The average molecular weight is 458 g/mol. The van der Waals surface area contributed by atoms with Crippen LogP contribution in [-0.2, 0) is 10.0 Å². The summed E-state index contributed by atoms with van der Waals surface area (Å²) < 4.78 is 31.1. The summed E-state index contributed by atoms with van der Waals surface area (Å²) in [5.74, 6) is 1.13. The third-order valence-corrected chi connectivity index (χ3v) is 6.54. The molecule has 0 aliphatic rings. The molecule has 0 aliphatic heterocycles. The van der Waals surface area contributed by atoms with Gasteiger partial charge in [0.25, 0.3) is 10.0 Å². The van der Waals surface area contributed by atoms with E-state index in [-0.39, 0.29) is 22.2 Å². The number of thiazole rings is 1. The molecule has 0 fully saturated rings. The Morgan fingerprint density at radius 3 is 2.55 bits per heavy atom. The normalized spacial score (nSPS) is 11.4. The van der Waals surface area contributed by atoms with Crippen molar-refractivity contribution in [2.75, 3.05) is 23.6 Å². The second-order valence-electron chi connectivity index (χ2n) is 6.51. The molecule has 2 heterocycles. The number of benzene rings is 2.